The number of hydrogen-bond donors (Lipinski definition) is 0. The smallest absolute Gasteiger partial charge is 0.0178 e. The van der Waals surface area contributed by atoms with Gasteiger partial charge >= 0.3 is 0 Å². The van der Waals surface area contributed by atoms with Gasteiger partial charge in [-0.2, -0.15) is 0 Å². The fraction of sp³-hybridized carbons (Fsp3) is 0.333. The molecule has 0 spiro atoms. The Bertz CT molecular complexity index is 617. The van der Waals surface area contributed by atoms with Gasteiger partial charge in [0.15, 0.2) is 0 Å². The van der Waals surface area contributed by atoms with Crippen molar-refractivity contribution in [1.82, 2.24) is 0 Å². The SMILES string of the molecule is CC/C=C/CCCCC=C(C)c1ccc2ccccc2c1. The predicted molar refractivity (Wildman–Crippen MR) is 95.5 cm³/mol. The van der Waals surface area contributed by atoms with E-state index in [9.17, 15) is 0 Å². The molecule has 0 aliphatic heterocycles. The largest absolute Gasteiger partial charge is 0.0888 e. The summed E-state index contributed by atoms with van der Waals surface area (Å²) < 4.78 is 0. The van der Waals surface area contributed by atoms with Gasteiger partial charge in [-0.1, -0.05) is 61.5 Å². The van der Waals surface area contributed by atoms with Crippen LogP contribution in [-0.4, -0.2) is 0 Å². The van der Waals surface area contributed by atoms with Crippen LogP contribution in [0.25, 0.3) is 16.3 Å². The highest BCUT2D eigenvalue weighted by Gasteiger charge is 1.98. The van der Waals surface area contributed by atoms with E-state index in [1.807, 2.05) is 0 Å². The molecule has 21 heavy (non-hydrogen) atoms. The quantitative estimate of drug-likeness (QED) is 0.387. The second-order valence-electron chi connectivity index (χ2n) is 5.61. The Labute approximate surface area is 129 Å². The molecule has 2 rings (SSSR count). The van der Waals surface area contributed by atoms with E-state index >= 15 is 0 Å². The number of hydrogen-bond acceptors (Lipinski definition) is 0. The van der Waals surface area contributed by atoms with Crippen molar-refractivity contribution >= 4 is 16.3 Å². The molecule has 0 N–H and O–H groups in total. The maximum absolute atomic E-state index is 2.38. The number of benzene rings is 2. The molecule has 0 unspecified atom stereocenters. The zero-order valence-electron chi connectivity index (χ0n) is 13.3. The molecule has 2 aromatic carbocycles. The van der Waals surface area contributed by atoms with Gasteiger partial charge in [0.1, 0.15) is 0 Å². The third-order valence-corrected chi connectivity index (χ3v) is 3.88. The minimum Gasteiger partial charge on any atom is -0.0888 e. The van der Waals surface area contributed by atoms with E-state index in [0.717, 1.165) is 6.42 Å². The monoisotopic (exact) mass is 278 g/mol. The Kier molecular flexibility index (Phi) is 6.27. The highest BCUT2D eigenvalue weighted by molar-refractivity contribution is 5.86. The maximum Gasteiger partial charge on any atom is -0.0178 e. The lowest BCUT2D eigenvalue weighted by molar-refractivity contribution is 0.761. The van der Waals surface area contributed by atoms with E-state index < -0.39 is 0 Å². The first kappa shape index (κ1) is 15.6. The van der Waals surface area contributed by atoms with Crippen molar-refractivity contribution in [3.63, 3.8) is 0 Å². The van der Waals surface area contributed by atoms with Crippen LogP contribution >= 0.6 is 0 Å². The Balaban J connectivity index is 1.90. The fourth-order valence-electron chi connectivity index (χ4n) is 2.56. The van der Waals surface area contributed by atoms with Crippen molar-refractivity contribution in [3.8, 4) is 0 Å². The molecule has 0 aliphatic rings. The van der Waals surface area contributed by atoms with E-state index in [1.54, 1.807) is 0 Å². The van der Waals surface area contributed by atoms with Crippen LogP contribution in [0.4, 0.5) is 0 Å². The molecule has 0 bridgehead atoms. The highest BCUT2D eigenvalue weighted by atomic mass is 14.0. The highest BCUT2D eigenvalue weighted by Crippen LogP contribution is 2.21. The van der Waals surface area contributed by atoms with Crippen LogP contribution in [-0.2, 0) is 0 Å². The van der Waals surface area contributed by atoms with E-state index in [0.29, 0.717) is 0 Å². The molecular weight excluding hydrogens is 252 g/mol. The van der Waals surface area contributed by atoms with Gasteiger partial charge in [0, 0.05) is 0 Å². The van der Waals surface area contributed by atoms with Gasteiger partial charge in [0.25, 0.3) is 0 Å². The molecule has 0 atom stereocenters. The first-order valence-electron chi connectivity index (χ1n) is 8.12. The van der Waals surface area contributed by atoms with Crippen LogP contribution < -0.4 is 0 Å². The molecule has 0 nitrogen and oxygen atoms in total. The minimum absolute atomic E-state index is 1.15. The van der Waals surface area contributed by atoms with Crippen LogP contribution in [0.2, 0.25) is 0 Å². The first-order chi connectivity index (χ1) is 10.3. The second-order valence-corrected chi connectivity index (χ2v) is 5.61. The maximum atomic E-state index is 2.38. The summed E-state index contributed by atoms with van der Waals surface area (Å²) in [4.78, 5) is 0. The standard InChI is InChI=1S/C21H26/c1-3-4-5-6-7-8-9-12-18(2)20-16-15-19-13-10-11-14-21(19)17-20/h4-5,10-17H,3,6-9H2,1-2H3/b5-4+,18-12?. The molecule has 0 aromatic heterocycles. The zero-order chi connectivity index (χ0) is 14.9. The average molecular weight is 278 g/mol. The van der Waals surface area contributed by atoms with Crippen molar-refractivity contribution in [2.24, 2.45) is 0 Å². The van der Waals surface area contributed by atoms with Crippen LogP contribution in [0.5, 0.6) is 0 Å². The number of fused-ring (bicyclic) bond motifs is 1. The van der Waals surface area contributed by atoms with E-state index in [1.165, 1.54) is 47.6 Å². The van der Waals surface area contributed by atoms with Crippen LogP contribution in [0.3, 0.4) is 0 Å². The van der Waals surface area contributed by atoms with Gasteiger partial charge in [-0.3, -0.25) is 0 Å². The molecule has 0 radical (unpaired) electrons. The number of rotatable bonds is 7. The second kappa shape index (κ2) is 8.46. The predicted octanol–water partition coefficient (Wildman–Crippen LogP) is 6.77. The normalized spacial score (nSPS) is 12.4. The van der Waals surface area contributed by atoms with Gasteiger partial charge in [0.2, 0.25) is 0 Å². The summed E-state index contributed by atoms with van der Waals surface area (Å²) in [7, 11) is 0. The Hall–Kier alpha value is -1.82. The van der Waals surface area contributed by atoms with E-state index in [4.69, 9.17) is 0 Å². The molecule has 0 heterocycles. The van der Waals surface area contributed by atoms with Gasteiger partial charge < -0.3 is 0 Å². The van der Waals surface area contributed by atoms with Gasteiger partial charge in [-0.25, -0.2) is 0 Å². The van der Waals surface area contributed by atoms with Crippen LogP contribution in [0.1, 0.15) is 51.5 Å². The molecule has 2 aromatic rings. The Morgan fingerprint density at radius 3 is 2.48 bits per heavy atom. The zero-order valence-corrected chi connectivity index (χ0v) is 13.3. The molecule has 0 saturated carbocycles. The van der Waals surface area contributed by atoms with Crippen molar-refractivity contribution in [2.45, 2.75) is 46.0 Å². The van der Waals surface area contributed by atoms with Crippen LogP contribution in [0, 0.1) is 0 Å². The van der Waals surface area contributed by atoms with Gasteiger partial charge in [-0.15, -0.1) is 0 Å². The summed E-state index contributed by atoms with van der Waals surface area (Å²) in [6.07, 6.45) is 13.1. The molecule has 0 aliphatic carbocycles. The lowest BCUT2D eigenvalue weighted by Gasteiger charge is -2.04. The summed E-state index contributed by atoms with van der Waals surface area (Å²) in [6.45, 7) is 4.41. The van der Waals surface area contributed by atoms with Gasteiger partial charge in [0.05, 0.1) is 0 Å². The van der Waals surface area contributed by atoms with Crippen molar-refractivity contribution < 1.29 is 0 Å². The summed E-state index contributed by atoms with van der Waals surface area (Å²) >= 11 is 0. The summed E-state index contributed by atoms with van der Waals surface area (Å²) in [5.41, 5.74) is 2.74. The number of allylic oxidation sites excluding steroid dienone is 4. The molecule has 0 amide bonds. The minimum atomic E-state index is 1.15. The molecule has 0 heteroatoms. The third kappa shape index (κ3) is 4.90. The van der Waals surface area contributed by atoms with Crippen molar-refractivity contribution in [3.05, 3.63) is 66.3 Å². The molecule has 0 fully saturated rings. The summed E-state index contributed by atoms with van der Waals surface area (Å²) in [5.74, 6) is 0. The van der Waals surface area contributed by atoms with Crippen molar-refractivity contribution in [2.75, 3.05) is 0 Å². The molecule has 0 saturated heterocycles. The van der Waals surface area contributed by atoms with E-state index in [2.05, 4.69) is 74.5 Å². The number of unbranched alkanes of at least 4 members (excludes halogenated alkanes) is 3. The Morgan fingerprint density at radius 2 is 1.67 bits per heavy atom. The van der Waals surface area contributed by atoms with E-state index in [-0.39, 0.29) is 0 Å². The van der Waals surface area contributed by atoms with Gasteiger partial charge in [-0.05, 0) is 67.0 Å². The Morgan fingerprint density at radius 1 is 0.905 bits per heavy atom. The summed E-state index contributed by atoms with van der Waals surface area (Å²) in [5, 5.41) is 2.64. The molecule has 110 valence electrons. The average Bonchev–Trinajstić information content (AvgIpc) is 2.53. The third-order valence-electron chi connectivity index (χ3n) is 3.88. The fourth-order valence-corrected chi connectivity index (χ4v) is 2.56. The molecular formula is C21H26. The topological polar surface area (TPSA) is 0 Å². The first-order valence-corrected chi connectivity index (χ1v) is 8.12. The summed E-state index contributed by atoms with van der Waals surface area (Å²) in [6, 6.07) is 15.3. The van der Waals surface area contributed by atoms with Crippen molar-refractivity contribution in [1.29, 1.82) is 0 Å². The lowest BCUT2D eigenvalue weighted by atomic mass is 10.0. The van der Waals surface area contributed by atoms with Crippen LogP contribution in [0.15, 0.2) is 60.7 Å². The lowest BCUT2D eigenvalue weighted by Crippen LogP contribution is -1.82.